The molecule has 2 heterocycles. The number of benzene rings is 1. The van der Waals surface area contributed by atoms with Gasteiger partial charge < -0.3 is 9.31 Å². The van der Waals surface area contributed by atoms with Crippen molar-refractivity contribution in [2.45, 2.75) is 38.9 Å². The summed E-state index contributed by atoms with van der Waals surface area (Å²) in [6, 6.07) is 7.83. The van der Waals surface area contributed by atoms with Crippen LogP contribution in [0.4, 0.5) is 0 Å². The zero-order valence-corrected chi connectivity index (χ0v) is 12.1. The molecule has 0 saturated carbocycles. The zero-order chi connectivity index (χ0) is 14.4. The third-order valence-electron chi connectivity index (χ3n) is 4.03. The molecule has 1 aromatic carbocycles. The normalized spacial score (nSPS) is 20.3. The Morgan fingerprint density at radius 3 is 2.10 bits per heavy atom. The fraction of sp³-hybridized carbons (Fsp3) is 0.462. The van der Waals surface area contributed by atoms with Crippen molar-refractivity contribution in [3.63, 3.8) is 0 Å². The lowest BCUT2D eigenvalue weighted by molar-refractivity contribution is 0.00578. The molecule has 0 amide bonds. The Morgan fingerprint density at radius 1 is 1.00 bits per heavy atom. The van der Waals surface area contributed by atoms with Crippen LogP contribution in [0.1, 0.15) is 27.7 Å². The second-order valence-electron chi connectivity index (χ2n) is 5.93. The Bertz CT molecular complexity index is 579. The van der Waals surface area contributed by atoms with Crippen LogP contribution in [0.25, 0.3) is 5.69 Å². The molecule has 20 heavy (non-hydrogen) atoms. The van der Waals surface area contributed by atoms with Gasteiger partial charge >= 0.3 is 7.12 Å². The number of rotatable bonds is 2. The Morgan fingerprint density at radius 2 is 1.60 bits per heavy atom. The second-order valence-corrected chi connectivity index (χ2v) is 5.93. The van der Waals surface area contributed by atoms with E-state index in [2.05, 4.69) is 15.5 Å². The van der Waals surface area contributed by atoms with E-state index in [1.165, 1.54) is 0 Å². The monoisotopic (exact) mass is 272 g/mol. The molecule has 3 rings (SSSR count). The molecular formula is C13H17BN4O2. The lowest BCUT2D eigenvalue weighted by atomic mass is 9.79. The number of hydrogen-bond donors (Lipinski definition) is 0. The van der Waals surface area contributed by atoms with Crippen molar-refractivity contribution in [2.75, 3.05) is 0 Å². The molecule has 0 radical (unpaired) electrons. The van der Waals surface area contributed by atoms with Gasteiger partial charge in [-0.3, -0.25) is 0 Å². The number of aromatic nitrogens is 4. The molecule has 0 unspecified atom stereocenters. The first-order valence-corrected chi connectivity index (χ1v) is 6.58. The van der Waals surface area contributed by atoms with E-state index in [-0.39, 0.29) is 18.3 Å². The molecule has 1 saturated heterocycles. The van der Waals surface area contributed by atoms with Crippen LogP contribution in [0.5, 0.6) is 0 Å². The van der Waals surface area contributed by atoms with E-state index in [0.29, 0.717) is 0 Å². The Hall–Kier alpha value is -1.73. The predicted octanol–water partition coefficient (Wildman–Crippen LogP) is 0.961. The van der Waals surface area contributed by atoms with E-state index in [4.69, 9.17) is 9.31 Å². The minimum absolute atomic E-state index is 0.327. The summed E-state index contributed by atoms with van der Waals surface area (Å²) in [4.78, 5) is 0. The SMILES string of the molecule is CC1(C)OB(c2ccc(-n3cnnn3)cc2)OC1(C)C. The van der Waals surface area contributed by atoms with Gasteiger partial charge in [0.1, 0.15) is 6.33 Å². The molecule has 0 atom stereocenters. The van der Waals surface area contributed by atoms with Crippen LogP contribution in [0.15, 0.2) is 30.6 Å². The minimum atomic E-state index is -0.345. The van der Waals surface area contributed by atoms with Crippen LogP contribution in [0.2, 0.25) is 0 Å². The highest BCUT2D eigenvalue weighted by molar-refractivity contribution is 6.62. The van der Waals surface area contributed by atoms with Gasteiger partial charge in [-0.2, -0.15) is 0 Å². The number of hydrogen-bond acceptors (Lipinski definition) is 5. The summed E-state index contributed by atoms with van der Waals surface area (Å²) in [7, 11) is -0.345. The topological polar surface area (TPSA) is 62.1 Å². The fourth-order valence-corrected chi connectivity index (χ4v) is 2.04. The van der Waals surface area contributed by atoms with Gasteiger partial charge in [0.2, 0.25) is 0 Å². The largest absolute Gasteiger partial charge is 0.494 e. The Kier molecular flexibility index (Phi) is 2.91. The maximum Gasteiger partial charge on any atom is 0.494 e. The van der Waals surface area contributed by atoms with Gasteiger partial charge in [0.05, 0.1) is 16.9 Å². The first-order valence-electron chi connectivity index (χ1n) is 6.58. The van der Waals surface area contributed by atoms with E-state index in [1.807, 2.05) is 52.0 Å². The van der Waals surface area contributed by atoms with Crippen LogP contribution in [-0.4, -0.2) is 38.5 Å². The highest BCUT2D eigenvalue weighted by Gasteiger charge is 2.51. The molecule has 7 heteroatoms. The molecule has 1 aromatic heterocycles. The fourth-order valence-electron chi connectivity index (χ4n) is 2.04. The minimum Gasteiger partial charge on any atom is -0.399 e. The lowest BCUT2D eigenvalue weighted by Gasteiger charge is -2.32. The molecule has 0 spiro atoms. The van der Waals surface area contributed by atoms with Gasteiger partial charge in [-0.25, -0.2) is 4.68 Å². The average molecular weight is 272 g/mol. The molecule has 1 fully saturated rings. The van der Waals surface area contributed by atoms with Crippen LogP contribution < -0.4 is 5.46 Å². The second kappa shape index (κ2) is 4.39. The van der Waals surface area contributed by atoms with Crippen molar-refractivity contribution in [1.82, 2.24) is 20.2 Å². The van der Waals surface area contributed by atoms with Crippen LogP contribution in [0, 0.1) is 0 Å². The Balaban J connectivity index is 1.83. The van der Waals surface area contributed by atoms with E-state index in [1.54, 1.807) is 11.0 Å². The maximum absolute atomic E-state index is 6.01. The number of tetrazole rings is 1. The zero-order valence-electron chi connectivity index (χ0n) is 12.1. The quantitative estimate of drug-likeness (QED) is 0.762. The van der Waals surface area contributed by atoms with Crippen molar-refractivity contribution in [3.05, 3.63) is 30.6 Å². The van der Waals surface area contributed by atoms with E-state index >= 15 is 0 Å². The lowest BCUT2D eigenvalue weighted by Crippen LogP contribution is -2.41. The molecule has 1 aliphatic heterocycles. The van der Waals surface area contributed by atoms with E-state index in [0.717, 1.165) is 11.2 Å². The summed E-state index contributed by atoms with van der Waals surface area (Å²) in [5.41, 5.74) is 1.23. The molecule has 2 aromatic rings. The molecule has 104 valence electrons. The molecule has 0 N–H and O–H groups in total. The van der Waals surface area contributed by atoms with Gasteiger partial charge in [-0.05, 0) is 55.7 Å². The van der Waals surface area contributed by atoms with Crippen molar-refractivity contribution < 1.29 is 9.31 Å². The summed E-state index contributed by atoms with van der Waals surface area (Å²) in [6.07, 6.45) is 1.56. The first-order chi connectivity index (χ1) is 9.39. The third kappa shape index (κ3) is 2.12. The summed E-state index contributed by atoms with van der Waals surface area (Å²) in [5.74, 6) is 0. The summed E-state index contributed by atoms with van der Waals surface area (Å²) in [6.45, 7) is 8.18. The van der Waals surface area contributed by atoms with Gasteiger partial charge in [0.15, 0.2) is 0 Å². The van der Waals surface area contributed by atoms with Gasteiger partial charge in [0.25, 0.3) is 0 Å². The summed E-state index contributed by atoms with van der Waals surface area (Å²) >= 11 is 0. The van der Waals surface area contributed by atoms with E-state index in [9.17, 15) is 0 Å². The molecule has 1 aliphatic rings. The van der Waals surface area contributed by atoms with Crippen LogP contribution in [-0.2, 0) is 9.31 Å². The van der Waals surface area contributed by atoms with Crippen LogP contribution in [0.3, 0.4) is 0 Å². The molecule has 0 aliphatic carbocycles. The standard InChI is InChI=1S/C13H17BN4O2/c1-12(2)13(3,4)20-14(19-12)10-5-7-11(8-6-10)18-9-15-16-17-18/h5-9H,1-4H3. The highest BCUT2D eigenvalue weighted by Crippen LogP contribution is 2.36. The summed E-state index contributed by atoms with van der Waals surface area (Å²) < 4.78 is 13.6. The molecule has 6 nitrogen and oxygen atoms in total. The maximum atomic E-state index is 6.01. The van der Waals surface area contributed by atoms with E-state index < -0.39 is 0 Å². The van der Waals surface area contributed by atoms with Crippen molar-refractivity contribution in [1.29, 1.82) is 0 Å². The van der Waals surface area contributed by atoms with Crippen molar-refractivity contribution in [2.24, 2.45) is 0 Å². The average Bonchev–Trinajstić information content (AvgIpc) is 2.97. The molecule has 0 bridgehead atoms. The highest BCUT2D eigenvalue weighted by atomic mass is 16.7. The molecular weight excluding hydrogens is 255 g/mol. The first kappa shape index (κ1) is 13.3. The van der Waals surface area contributed by atoms with Crippen molar-refractivity contribution in [3.8, 4) is 5.69 Å². The smallest absolute Gasteiger partial charge is 0.399 e. The van der Waals surface area contributed by atoms with Gasteiger partial charge in [-0.15, -0.1) is 5.10 Å². The number of nitrogens with zero attached hydrogens (tertiary/aromatic N) is 4. The third-order valence-corrected chi connectivity index (χ3v) is 4.03. The van der Waals surface area contributed by atoms with Crippen LogP contribution >= 0.6 is 0 Å². The van der Waals surface area contributed by atoms with Crippen molar-refractivity contribution >= 4 is 12.6 Å². The van der Waals surface area contributed by atoms with Gasteiger partial charge in [-0.1, -0.05) is 12.1 Å². The predicted molar refractivity (Wildman–Crippen MR) is 74.9 cm³/mol. The van der Waals surface area contributed by atoms with Gasteiger partial charge in [0, 0.05) is 0 Å². The Labute approximate surface area is 118 Å². The summed E-state index contributed by atoms with van der Waals surface area (Å²) in [5, 5.41) is 11.1.